The van der Waals surface area contributed by atoms with Crippen LogP contribution in [0, 0.1) is 5.41 Å². The molecule has 0 aliphatic heterocycles. The number of benzene rings is 1. The highest BCUT2D eigenvalue weighted by Crippen LogP contribution is 2.31. The Labute approximate surface area is 131 Å². The number of hydrogen-bond donors (Lipinski definition) is 1. The largest absolute Gasteiger partial charge is 0.492 e. The Balaban J connectivity index is 2.81. The third-order valence-electron chi connectivity index (χ3n) is 3.79. The van der Waals surface area contributed by atoms with Crippen molar-refractivity contribution in [2.24, 2.45) is 5.41 Å². The maximum absolute atomic E-state index is 6.19. The van der Waals surface area contributed by atoms with Gasteiger partial charge >= 0.3 is 0 Å². The summed E-state index contributed by atoms with van der Waals surface area (Å²) >= 11 is 0. The molecule has 0 spiro atoms. The van der Waals surface area contributed by atoms with Gasteiger partial charge in [-0.1, -0.05) is 66.7 Å². The van der Waals surface area contributed by atoms with Crippen LogP contribution in [0.3, 0.4) is 0 Å². The number of hydrogen-bond acceptors (Lipinski definition) is 2. The van der Waals surface area contributed by atoms with Gasteiger partial charge in [-0.25, -0.2) is 0 Å². The van der Waals surface area contributed by atoms with E-state index in [2.05, 4.69) is 78.0 Å². The molecular weight excluding hydrogens is 258 g/mol. The van der Waals surface area contributed by atoms with Gasteiger partial charge < -0.3 is 10.1 Å². The summed E-state index contributed by atoms with van der Waals surface area (Å²) in [5.41, 5.74) is 1.56. The van der Waals surface area contributed by atoms with Crippen LogP contribution in [-0.4, -0.2) is 19.2 Å². The number of para-hydroxylation sites is 1. The smallest absolute Gasteiger partial charge is 0.123 e. The molecule has 2 heteroatoms. The summed E-state index contributed by atoms with van der Waals surface area (Å²) in [5, 5.41) is 3.61. The van der Waals surface area contributed by atoms with Gasteiger partial charge in [-0.05, 0) is 35.4 Å². The molecule has 0 radical (unpaired) electrons. The Hall–Kier alpha value is -1.02. The van der Waals surface area contributed by atoms with E-state index in [9.17, 15) is 0 Å². The molecule has 0 saturated heterocycles. The molecule has 2 nitrogen and oxygen atoms in total. The first-order valence-electron chi connectivity index (χ1n) is 8.12. The minimum Gasteiger partial charge on any atom is -0.492 e. The third kappa shape index (κ3) is 5.70. The fourth-order valence-corrected chi connectivity index (χ4v) is 2.32. The fraction of sp³-hybridized carbons (Fsp3) is 0.684. The van der Waals surface area contributed by atoms with Crippen LogP contribution in [0.15, 0.2) is 24.3 Å². The van der Waals surface area contributed by atoms with Crippen molar-refractivity contribution in [2.45, 2.75) is 66.3 Å². The average molecular weight is 291 g/mol. The van der Waals surface area contributed by atoms with Gasteiger partial charge in [0.05, 0.1) is 0 Å². The predicted octanol–water partition coefficient (Wildman–Crippen LogP) is 4.78. The molecule has 1 N–H and O–H groups in total. The Morgan fingerprint density at radius 3 is 2.19 bits per heavy atom. The van der Waals surface area contributed by atoms with Crippen molar-refractivity contribution >= 4 is 0 Å². The van der Waals surface area contributed by atoms with E-state index in [-0.39, 0.29) is 10.8 Å². The lowest BCUT2D eigenvalue weighted by Crippen LogP contribution is -2.45. The highest BCUT2D eigenvalue weighted by atomic mass is 16.5. The van der Waals surface area contributed by atoms with Crippen molar-refractivity contribution in [3.63, 3.8) is 0 Å². The van der Waals surface area contributed by atoms with Crippen LogP contribution in [0.5, 0.6) is 5.75 Å². The monoisotopic (exact) mass is 291 g/mol. The van der Waals surface area contributed by atoms with Crippen molar-refractivity contribution in [2.75, 3.05) is 13.2 Å². The molecule has 1 rings (SSSR count). The summed E-state index contributed by atoms with van der Waals surface area (Å²) in [6.07, 6.45) is 1.14. The lowest BCUT2D eigenvalue weighted by molar-refractivity contribution is 0.172. The fourth-order valence-electron chi connectivity index (χ4n) is 2.32. The van der Waals surface area contributed by atoms with Gasteiger partial charge in [0.15, 0.2) is 0 Å². The zero-order valence-corrected chi connectivity index (χ0v) is 14.9. The standard InChI is InChI=1S/C19H33NO/c1-8-13-20-17(19(5,6)7)14-21-16-12-10-9-11-15(16)18(2,3)4/h9-12,17,20H,8,13-14H2,1-7H3. The summed E-state index contributed by atoms with van der Waals surface area (Å²) in [6, 6.07) is 8.74. The van der Waals surface area contributed by atoms with Crippen molar-refractivity contribution in [3.05, 3.63) is 29.8 Å². The number of rotatable bonds is 6. The van der Waals surface area contributed by atoms with Gasteiger partial charge in [0.2, 0.25) is 0 Å². The molecule has 21 heavy (non-hydrogen) atoms. The summed E-state index contributed by atoms with van der Waals surface area (Å²) in [5.74, 6) is 1.01. The lowest BCUT2D eigenvalue weighted by Gasteiger charge is -2.32. The Bertz CT molecular complexity index is 426. The molecule has 120 valence electrons. The Kier molecular flexibility index (Phi) is 6.27. The molecule has 0 bridgehead atoms. The van der Waals surface area contributed by atoms with Crippen LogP contribution in [0.25, 0.3) is 0 Å². The second kappa shape index (κ2) is 7.31. The minimum atomic E-state index is 0.102. The van der Waals surface area contributed by atoms with Gasteiger partial charge in [0.1, 0.15) is 12.4 Å². The van der Waals surface area contributed by atoms with Crippen molar-refractivity contribution in [3.8, 4) is 5.75 Å². The van der Waals surface area contributed by atoms with E-state index in [0.29, 0.717) is 12.6 Å². The van der Waals surface area contributed by atoms with E-state index in [1.165, 1.54) is 5.56 Å². The molecule has 0 amide bonds. The van der Waals surface area contributed by atoms with E-state index in [1.54, 1.807) is 0 Å². The van der Waals surface area contributed by atoms with Gasteiger partial charge in [0, 0.05) is 6.04 Å². The minimum absolute atomic E-state index is 0.102. The normalized spacial score (nSPS) is 14.0. The summed E-state index contributed by atoms with van der Waals surface area (Å²) in [7, 11) is 0. The maximum Gasteiger partial charge on any atom is 0.123 e. The summed E-state index contributed by atoms with van der Waals surface area (Å²) < 4.78 is 6.19. The highest BCUT2D eigenvalue weighted by Gasteiger charge is 2.25. The number of nitrogens with one attached hydrogen (secondary N) is 1. The Morgan fingerprint density at radius 1 is 1.05 bits per heavy atom. The van der Waals surface area contributed by atoms with Crippen LogP contribution in [0.2, 0.25) is 0 Å². The lowest BCUT2D eigenvalue weighted by atomic mass is 9.86. The highest BCUT2D eigenvalue weighted by molar-refractivity contribution is 5.38. The summed E-state index contributed by atoms with van der Waals surface area (Å²) in [6.45, 7) is 17.4. The van der Waals surface area contributed by atoms with Crippen LogP contribution in [0.1, 0.15) is 60.5 Å². The topological polar surface area (TPSA) is 21.3 Å². The molecule has 1 aromatic carbocycles. The molecule has 0 heterocycles. The predicted molar refractivity (Wildman–Crippen MR) is 92.2 cm³/mol. The SMILES string of the molecule is CCCNC(COc1ccccc1C(C)(C)C)C(C)(C)C. The molecule has 0 fully saturated rings. The zero-order valence-electron chi connectivity index (χ0n) is 14.9. The van der Waals surface area contributed by atoms with Gasteiger partial charge in [-0.3, -0.25) is 0 Å². The van der Waals surface area contributed by atoms with E-state index in [1.807, 2.05) is 0 Å². The van der Waals surface area contributed by atoms with Crippen LogP contribution in [-0.2, 0) is 5.41 Å². The average Bonchev–Trinajstić information content (AvgIpc) is 2.36. The van der Waals surface area contributed by atoms with E-state index in [0.717, 1.165) is 18.7 Å². The van der Waals surface area contributed by atoms with Crippen molar-refractivity contribution in [1.82, 2.24) is 5.32 Å². The van der Waals surface area contributed by atoms with Crippen LogP contribution < -0.4 is 10.1 Å². The molecule has 0 aliphatic carbocycles. The van der Waals surface area contributed by atoms with Crippen molar-refractivity contribution < 1.29 is 4.74 Å². The first-order valence-corrected chi connectivity index (χ1v) is 8.12. The number of ether oxygens (including phenoxy) is 1. The zero-order chi connectivity index (χ0) is 16.1. The van der Waals surface area contributed by atoms with Crippen LogP contribution >= 0.6 is 0 Å². The molecular formula is C19H33NO. The second-order valence-electron chi connectivity index (χ2n) is 7.93. The van der Waals surface area contributed by atoms with E-state index in [4.69, 9.17) is 4.74 Å². The quantitative estimate of drug-likeness (QED) is 0.814. The third-order valence-corrected chi connectivity index (χ3v) is 3.79. The molecule has 1 aromatic rings. The second-order valence-corrected chi connectivity index (χ2v) is 7.93. The van der Waals surface area contributed by atoms with Gasteiger partial charge in [-0.2, -0.15) is 0 Å². The molecule has 0 aromatic heterocycles. The maximum atomic E-state index is 6.19. The van der Waals surface area contributed by atoms with Crippen LogP contribution in [0.4, 0.5) is 0 Å². The van der Waals surface area contributed by atoms with Crippen molar-refractivity contribution in [1.29, 1.82) is 0 Å². The molecule has 1 atom stereocenters. The van der Waals surface area contributed by atoms with E-state index < -0.39 is 0 Å². The van der Waals surface area contributed by atoms with E-state index >= 15 is 0 Å². The van der Waals surface area contributed by atoms with Gasteiger partial charge in [0.25, 0.3) is 0 Å². The molecule has 0 saturated carbocycles. The summed E-state index contributed by atoms with van der Waals surface area (Å²) in [4.78, 5) is 0. The molecule has 0 aliphatic rings. The van der Waals surface area contributed by atoms with Gasteiger partial charge in [-0.15, -0.1) is 0 Å². The first-order chi connectivity index (χ1) is 9.66. The molecule has 1 unspecified atom stereocenters. The first kappa shape index (κ1) is 18.0. The Morgan fingerprint density at radius 2 is 1.67 bits per heavy atom.